The predicted molar refractivity (Wildman–Crippen MR) is 80.5 cm³/mol. The molecule has 0 aromatic carbocycles. The van der Waals surface area contributed by atoms with Gasteiger partial charge in [-0.05, 0) is 26.8 Å². The molecule has 2 aromatic heterocycles. The highest BCUT2D eigenvalue weighted by atomic mass is 16.6. The number of hydrogen-bond donors (Lipinski definition) is 1. The Labute approximate surface area is 124 Å². The van der Waals surface area contributed by atoms with E-state index in [0.29, 0.717) is 19.0 Å². The highest BCUT2D eigenvalue weighted by molar-refractivity contribution is 5.80. The molecule has 114 valence electrons. The molecule has 0 radical (unpaired) electrons. The number of ether oxygens (including phenoxy) is 2. The van der Waals surface area contributed by atoms with Crippen molar-refractivity contribution in [3.05, 3.63) is 24.5 Å². The molecule has 0 fully saturated rings. The second-order valence-corrected chi connectivity index (χ2v) is 5.72. The van der Waals surface area contributed by atoms with E-state index in [1.54, 1.807) is 13.3 Å². The number of hydrogen-bond acceptors (Lipinski definition) is 4. The molecule has 2 heterocycles. The van der Waals surface area contributed by atoms with Crippen molar-refractivity contribution in [1.82, 2.24) is 14.9 Å². The summed E-state index contributed by atoms with van der Waals surface area (Å²) >= 11 is 0. The maximum Gasteiger partial charge on any atom is 0.407 e. The lowest BCUT2D eigenvalue weighted by molar-refractivity contribution is 0.0526. The van der Waals surface area contributed by atoms with Crippen LogP contribution in [0.25, 0.3) is 10.9 Å². The van der Waals surface area contributed by atoms with Crippen molar-refractivity contribution >= 4 is 17.0 Å². The van der Waals surface area contributed by atoms with Crippen LogP contribution in [-0.2, 0) is 11.3 Å². The van der Waals surface area contributed by atoms with E-state index < -0.39 is 11.7 Å². The number of carbonyl (C=O) groups is 1. The Morgan fingerprint density at radius 3 is 2.86 bits per heavy atom. The SMILES string of the molecule is COc1cc2ccn(CCNC(=O)OC(C)(C)C)c2cn1. The van der Waals surface area contributed by atoms with Crippen LogP contribution in [0.15, 0.2) is 24.5 Å². The summed E-state index contributed by atoms with van der Waals surface area (Å²) in [6.07, 6.45) is 3.32. The summed E-state index contributed by atoms with van der Waals surface area (Å²) in [5.74, 6) is 0.590. The number of fused-ring (bicyclic) bond motifs is 1. The normalized spacial score (nSPS) is 11.4. The lowest BCUT2D eigenvalue weighted by Gasteiger charge is -2.19. The zero-order chi connectivity index (χ0) is 15.5. The van der Waals surface area contributed by atoms with Crippen molar-refractivity contribution in [2.24, 2.45) is 0 Å². The Bertz CT molecular complexity index is 629. The van der Waals surface area contributed by atoms with E-state index >= 15 is 0 Å². The molecule has 0 spiro atoms. The van der Waals surface area contributed by atoms with E-state index in [4.69, 9.17) is 9.47 Å². The summed E-state index contributed by atoms with van der Waals surface area (Å²) in [5, 5.41) is 3.79. The number of carbonyl (C=O) groups excluding carboxylic acids is 1. The molecule has 0 atom stereocenters. The standard InChI is InChI=1S/C15H21N3O3/c1-15(2,3)21-14(19)16-6-8-18-7-5-11-9-13(20-4)17-10-12(11)18/h5,7,9-10H,6,8H2,1-4H3,(H,16,19). The molecule has 0 unspecified atom stereocenters. The summed E-state index contributed by atoms with van der Waals surface area (Å²) in [4.78, 5) is 15.8. The van der Waals surface area contributed by atoms with Gasteiger partial charge in [-0.15, -0.1) is 0 Å². The Morgan fingerprint density at radius 2 is 2.19 bits per heavy atom. The topological polar surface area (TPSA) is 65.4 Å². The van der Waals surface area contributed by atoms with Crippen LogP contribution in [0, 0.1) is 0 Å². The van der Waals surface area contributed by atoms with Gasteiger partial charge in [0.2, 0.25) is 5.88 Å². The number of aromatic nitrogens is 2. The number of methoxy groups -OCH3 is 1. The number of nitrogens with zero attached hydrogens (tertiary/aromatic N) is 2. The van der Waals surface area contributed by atoms with Crippen LogP contribution in [0.3, 0.4) is 0 Å². The maximum atomic E-state index is 11.6. The average molecular weight is 291 g/mol. The van der Waals surface area contributed by atoms with Crippen LogP contribution in [0.4, 0.5) is 4.79 Å². The molecule has 21 heavy (non-hydrogen) atoms. The number of rotatable bonds is 4. The highest BCUT2D eigenvalue weighted by Crippen LogP contribution is 2.18. The van der Waals surface area contributed by atoms with E-state index in [9.17, 15) is 4.79 Å². The van der Waals surface area contributed by atoms with Crippen LogP contribution in [0.5, 0.6) is 5.88 Å². The molecule has 2 rings (SSSR count). The fraction of sp³-hybridized carbons (Fsp3) is 0.467. The third-order valence-electron chi connectivity index (χ3n) is 2.86. The molecule has 1 N–H and O–H groups in total. The molecular weight excluding hydrogens is 270 g/mol. The molecule has 0 aliphatic carbocycles. The summed E-state index contributed by atoms with van der Waals surface area (Å²) < 4.78 is 12.3. The summed E-state index contributed by atoms with van der Waals surface area (Å²) in [6, 6.07) is 3.88. The van der Waals surface area contributed by atoms with Crippen molar-refractivity contribution in [3.8, 4) is 5.88 Å². The first-order valence-electron chi connectivity index (χ1n) is 6.85. The van der Waals surface area contributed by atoms with E-state index in [1.165, 1.54) is 0 Å². The van der Waals surface area contributed by atoms with Crippen molar-refractivity contribution in [2.75, 3.05) is 13.7 Å². The second kappa shape index (κ2) is 6.03. The number of amides is 1. The molecule has 0 aliphatic heterocycles. The lowest BCUT2D eigenvalue weighted by Crippen LogP contribution is -2.34. The number of alkyl carbamates (subject to hydrolysis) is 1. The minimum Gasteiger partial charge on any atom is -0.481 e. The smallest absolute Gasteiger partial charge is 0.407 e. The van der Waals surface area contributed by atoms with Crippen LogP contribution < -0.4 is 10.1 Å². The van der Waals surface area contributed by atoms with Crippen LogP contribution in [-0.4, -0.2) is 34.9 Å². The van der Waals surface area contributed by atoms with Crippen molar-refractivity contribution in [3.63, 3.8) is 0 Å². The van der Waals surface area contributed by atoms with Gasteiger partial charge in [0.05, 0.1) is 18.8 Å². The minimum absolute atomic E-state index is 0.404. The highest BCUT2D eigenvalue weighted by Gasteiger charge is 2.15. The number of pyridine rings is 1. The quantitative estimate of drug-likeness (QED) is 0.940. The Morgan fingerprint density at radius 1 is 1.43 bits per heavy atom. The third-order valence-corrected chi connectivity index (χ3v) is 2.86. The zero-order valence-electron chi connectivity index (χ0n) is 12.8. The van der Waals surface area contributed by atoms with Crippen molar-refractivity contribution in [1.29, 1.82) is 0 Å². The van der Waals surface area contributed by atoms with Crippen LogP contribution >= 0.6 is 0 Å². The lowest BCUT2D eigenvalue weighted by atomic mass is 10.2. The summed E-state index contributed by atoms with van der Waals surface area (Å²) in [6.45, 7) is 6.66. The zero-order valence-corrected chi connectivity index (χ0v) is 12.8. The van der Waals surface area contributed by atoms with Crippen molar-refractivity contribution < 1.29 is 14.3 Å². The van der Waals surface area contributed by atoms with Crippen LogP contribution in [0.2, 0.25) is 0 Å². The fourth-order valence-corrected chi connectivity index (χ4v) is 1.97. The molecule has 6 heteroatoms. The van der Waals surface area contributed by atoms with Gasteiger partial charge in [-0.2, -0.15) is 0 Å². The van der Waals surface area contributed by atoms with E-state index in [0.717, 1.165) is 10.9 Å². The molecule has 0 saturated heterocycles. The first-order valence-corrected chi connectivity index (χ1v) is 6.85. The maximum absolute atomic E-state index is 11.6. The monoisotopic (exact) mass is 291 g/mol. The molecule has 6 nitrogen and oxygen atoms in total. The first-order chi connectivity index (χ1) is 9.89. The third kappa shape index (κ3) is 4.11. The predicted octanol–water partition coefficient (Wildman–Crippen LogP) is 2.57. The molecule has 2 aromatic rings. The molecule has 1 amide bonds. The van der Waals surface area contributed by atoms with Crippen molar-refractivity contribution in [2.45, 2.75) is 32.9 Å². The molecule has 0 bridgehead atoms. The molecule has 0 saturated carbocycles. The largest absolute Gasteiger partial charge is 0.481 e. The van der Waals surface area contributed by atoms with E-state index in [2.05, 4.69) is 10.3 Å². The van der Waals surface area contributed by atoms with Gasteiger partial charge in [0.15, 0.2) is 0 Å². The van der Waals surface area contributed by atoms with E-state index in [1.807, 2.05) is 43.7 Å². The van der Waals surface area contributed by atoms with Crippen LogP contribution in [0.1, 0.15) is 20.8 Å². The Kier molecular flexibility index (Phi) is 4.35. The fourth-order valence-electron chi connectivity index (χ4n) is 1.97. The van der Waals surface area contributed by atoms with Gasteiger partial charge in [0.25, 0.3) is 0 Å². The van der Waals surface area contributed by atoms with Gasteiger partial charge in [0, 0.05) is 30.7 Å². The average Bonchev–Trinajstić information content (AvgIpc) is 2.79. The van der Waals surface area contributed by atoms with E-state index in [-0.39, 0.29) is 0 Å². The molecular formula is C15H21N3O3. The summed E-state index contributed by atoms with van der Waals surface area (Å²) in [7, 11) is 1.59. The number of nitrogens with one attached hydrogen (secondary N) is 1. The van der Waals surface area contributed by atoms with Gasteiger partial charge >= 0.3 is 6.09 Å². The minimum atomic E-state index is -0.481. The molecule has 0 aliphatic rings. The summed E-state index contributed by atoms with van der Waals surface area (Å²) in [5.41, 5.74) is 0.520. The van der Waals surface area contributed by atoms with Gasteiger partial charge in [0.1, 0.15) is 5.60 Å². The van der Waals surface area contributed by atoms with Gasteiger partial charge < -0.3 is 19.4 Å². The second-order valence-electron chi connectivity index (χ2n) is 5.72. The Hall–Kier alpha value is -2.24. The van der Waals surface area contributed by atoms with Gasteiger partial charge in [-0.25, -0.2) is 9.78 Å². The van der Waals surface area contributed by atoms with Gasteiger partial charge in [-0.1, -0.05) is 0 Å². The Balaban J connectivity index is 1.93. The van der Waals surface area contributed by atoms with Gasteiger partial charge in [-0.3, -0.25) is 0 Å². The first kappa shape index (κ1) is 15.2.